The Hall–Kier alpha value is -2.24. The Balaban J connectivity index is 1.49. The molecule has 2 aliphatic rings. The van der Waals surface area contributed by atoms with Gasteiger partial charge in [0.05, 0.1) is 18.7 Å². The Morgan fingerprint density at radius 3 is 2.84 bits per heavy atom. The van der Waals surface area contributed by atoms with Crippen LogP contribution >= 0.6 is 0 Å². The summed E-state index contributed by atoms with van der Waals surface area (Å²) < 4.78 is 5.44. The molecule has 2 heterocycles. The van der Waals surface area contributed by atoms with Gasteiger partial charge < -0.3 is 19.9 Å². The highest BCUT2D eigenvalue weighted by Crippen LogP contribution is 2.31. The number of amides is 2. The molecule has 0 unspecified atom stereocenters. The van der Waals surface area contributed by atoms with Gasteiger partial charge in [-0.2, -0.15) is 0 Å². The van der Waals surface area contributed by atoms with Crippen LogP contribution in [-0.2, 0) is 9.59 Å². The van der Waals surface area contributed by atoms with Crippen molar-refractivity contribution >= 4 is 17.5 Å². The van der Waals surface area contributed by atoms with Gasteiger partial charge in [0.1, 0.15) is 5.75 Å². The molecular formula is C19H27N3O3. The van der Waals surface area contributed by atoms with Crippen molar-refractivity contribution in [1.29, 1.82) is 0 Å². The Morgan fingerprint density at radius 2 is 2.12 bits per heavy atom. The third-order valence-corrected chi connectivity index (χ3v) is 5.24. The van der Waals surface area contributed by atoms with Gasteiger partial charge in [0.15, 0.2) is 0 Å². The minimum absolute atomic E-state index is 0.0139. The van der Waals surface area contributed by atoms with Crippen LogP contribution in [0.2, 0.25) is 0 Å². The van der Waals surface area contributed by atoms with E-state index in [1.807, 2.05) is 25.1 Å². The van der Waals surface area contributed by atoms with Crippen LogP contribution in [0.4, 0.5) is 5.69 Å². The molecule has 0 radical (unpaired) electrons. The van der Waals surface area contributed by atoms with Gasteiger partial charge >= 0.3 is 0 Å². The van der Waals surface area contributed by atoms with Gasteiger partial charge in [-0.3, -0.25) is 9.59 Å². The smallest absolute Gasteiger partial charge is 0.225 e. The molecule has 2 aliphatic heterocycles. The fourth-order valence-corrected chi connectivity index (χ4v) is 3.75. The molecule has 3 rings (SSSR count). The van der Waals surface area contributed by atoms with Crippen LogP contribution in [0.25, 0.3) is 0 Å². The van der Waals surface area contributed by atoms with Crippen LogP contribution in [0.5, 0.6) is 5.75 Å². The Morgan fingerprint density at radius 1 is 1.32 bits per heavy atom. The third kappa shape index (κ3) is 3.89. The number of nitrogens with zero attached hydrogens (tertiary/aromatic N) is 2. The van der Waals surface area contributed by atoms with Crippen LogP contribution in [0.1, 0.15) is 19.8 Å². The zero-order chi connectivity index (χ0) is 17.8. The summed E-state index contributed by atoms with van der Waals surface area (Å²) >= 11 is 0. The minimum Gasteiger partial charge on any atom is -0.495 e. The number of hydrogen-bond donors (Lipinski definition) is 1. The van der Waals surface area contributed by atoms with Crippen molar-refractivity contribution in [2.75, 3.05) is 44.7 Å². The van der Waals surface area contributed by atoms with Crippen molar-refractivity contribution in [2.45, 2.75) is 19.8 Å². The maximum Gasteiger partial charge on any atom is 0.225 e. The number of carbonyl (C=O) groups is 2. The first-order valence-electron chi connectivity index (χ1n) is 9.05. The maximum absolute atomic E-state index is 12.3. The summed E-state index contributed by atoms with van der Waals surface area (Å²) in [6, 6.07) is 8.03. The minimum atomic E-state index is -0.195. The van der Waals surface area contributed by atoms with E-state index in [0.717, 1.165) is 30.9 Å². The maximum atomic E-state index is 12.3. The molecule has 1 aromatic rings. The number of nitrogens with one attached hydrogen (secondary N) is 1. The van der Waals surface area contributed by atoms with Crippen LogP contribution < -0.4 is 15.0 Å². The topological polar surface area (TPSA) is 61.9 Å². The van der Waals surface area contributed by atoms with Crippen molar-refractivity contribution in [1.82, 2.24) is 10.2 Å². The molecule has 2 atom stereocenters. The Kier molecular flexibility index (Phi) is 5.46. The lowest BCUT2D eigenvalue weighted by molar-refractivity contribution is -0.128. The zero-order valence-electron chi connectivity index (χ0n) is 15.0. The van der Waals surface area contributed by atoms with E-state index in [9.17, 15) is 9.59 Å². The quantitative estimate of drug-likeness (QED) is 0.849. The molecule has 0 aromatic heterocycles. The first kappa shape index (κ1) is 17.6. The summed E-state index contributed by atoms with van der Waals surface area (Å²) in [7, 11) is 1.69. The Bertz CT molecular complexity index is 634. The number of anilines is 1. The molecule has 1 aromatic carbocycles. The molecule has 1 N–H and O–H groups in total. The number of ether oxygens (including phenoxy) is 1. The number of carbonyl (C=O) groups excluding carboxylic acids is 2. The second-order valence-corrected chi connectivity index (χ2v) is 6.85. The predicted octanol–water partition coefficient (Wildman–Crippen LogP) is 1.51. The third-order valence-electron chi connectivity index (χ3n) is 5.24. The van der Waals surface area contributed by atoms with Gasteiger partial charge in [0.2, 0.25) is 11.8 Å². The van der Waals surface area contributed by atoms with Crippen molar-refractivity contribution in [3.8, 4) is 5.75 Å². The van der Waals surface area contributed by atoms with Crippen LogP contribution in [0, 0.1) is 11.8 Å². The molecule has 6 nitrogen and oxygen atoms in total. The van der Waals surface area contributed by atoms with E-state index in [0.29, 0.717) is 32.0 Å². The molecule has 0 bridgehead atoms. The normalized spacial score (nSPS) is 23.2. The van der Waals surface area contributed by atoms with E-state index in [4.69, 9.17) is 4.74 Å². The van der Waals surface area contributed by atoms with Gasteiger partial charge in [-0.1, -0.05) is 12.1 Å². The molecular weight excluding hydrogens is 318 g/mol. The lowest BCUT2D eigenvalue weighted by Crippen LogP contribution is -2.36. The average molecular weight is 345 g/mol. The number of likely N-dealkylation sites (tertiary alicyclic amines) is 1. The van der Waals surface area contributed by atoms with Crippen molar-refractivity contribution < 1.29 is 14.3 Å². The van der Waals surface area contributed by atoms with Crippen molar-refractivity contribution in [2.24, 2.45) is 11.8 Å². The number of rotatable bonds is 6. The number of methoxy groups -OCH3 is 1. The summed E-state index contributed by atoms with van der Waals surface area (Å²) in [5, 5.41) is 3.06. The molecule has 0 spiro atoms. The van der Waals surface area contributed by atoms with Crippen LogP contribution in [0.3, 0.4) is 0 Å². The molecule has 2 fully saturated rings. The van der Waals surface area contributed by atoms with E-state index >= 15 is 0 Å². The van der Waals surface area contributed by atoms with Crippen molar-refractivity contribution in [3.63, 3.8) is 0 Å². The summed E-state index contributed by atoms with van der Waals surface area (Å²) in [6.45, 7) is 5.72. The van der Waals surface area contributed by atoms with Crippen molar-refractivity contribution in [3.05, 3.63) is 24.3 Å². The van der Waals surface area contributed by atoms with Gasteiger partial charge in [-0.05, 0) is 31.4 Å². The highest BCUT2D eigenvalue weighted by atomic mass is 16.5. The lowest BCUT2D eigenvalue weighted by Gasteiger charge is -2.21. The molecule has 25 heavy (non-hydrogen) atoms. The van der Waals surface area contributed by atoms with Gasteiger partial charge in [0.25, 0.3) is 0 Å². The van der Waals surface area contributed by atoms with Crippen LogP contribution in [0.15, 0.2) is 24.3 Å². The number of hydrogen-bond acceptors (Lipinski definition) is 4. The highest BCUT2D eigenvalue weighted by molar-refractivity contribution is 5.89. The average Bonchev–Trinajstić information content (AvgIpc) is 3.26. The Labute approximate surface area is 149 Å². The first-order chi connectivity index (χ1) is 12.1. The van der Waals surface area contributed by atoms with E-state index < -0.39 is 0 Å². The highest BCUT2D eigenvalue weighted by Gasteiger charge is 2.34. The molecule has 0 aliphatic carbocycles. The van der Waals surface area contributed by atoms with Gasteiger partial charge in [-0.25, -0.2) is 0 Å². The summed E-state index contributed by atoms with van der Waals surface area (Å²) in [5.74, 6) is 1.22. The molecule has 2 saturated heterocycles. The fourth-order valence-electron chi connectivity index (χ4n) is 3.75. The van der Waals surface area contributed by atoms with E-state index in [1.54, 1.807) is 12.0 Å². The van der Waals surface area contributed by atoms with E-state index in [1.165, 1.54) is 0 Å². The molecule has 2 amide bonds. The van der Waals surface area contributed by atoms with Gasteiger partial charge in [0, 0.05) is 39.1 Å². The first-order valence-corrected chi connectivity index (χ1v) is 9.05. The summed E-state index contributed by atoms with van der Waals surface area (Å²) in [5.41, 5.74) is 1.11. The molecule has 6 heteroatoms. The molecule has 0 saturated carbocycles. The SMILES string of the molecule is CCN1C[C@H](C(=O)NC[C@@H]2CCN(c3ccccc3OC)C2)CC1=O. The second kappa shape index (κ2) is 7.76. The monoisotopic (exact) mass is 345 g/mol. The summed E-state index contributed by atoms with van der Waals surface area (Å²) in [6.07, 6.45) is 1.39. The largest absolute Gasteiger partial charge is 0.495 e. The second-order valence-electron chi connectivity index (χ2n) is 6.85. The van der Waals surface area contributed by atoms with E-state index in [-0.39, 0.29) is 17.7 Å². The zero-order valence-corrected chi connectivity index (χ0v) is 15.0. The summed E-state index contributed by atoms with van der Waals surface area (Å²) in [4.78, 5) is 28.2. The van der Waals surface area contributed by atoms with Gasteiger partial charge in [-0.15, -0.1) is 0 Å². The van der Waals surface area contributed by atoms with E-state index in [2.05, 4.69) is 16.3 Å². The lowest BCUT2D eigenvalue weighted by atomic mass is 10.1. The number of para-hydroxylation sites is 2. The fraction of sp³-hybridized carbons (Fsp3) is 0.579. The predicted molar refractivity (Wildman–Crippen MR) is 96.7 cm³/mol. The molecule has 136 valence electrons. The standard InChI is InChI=1S/C19H27N3O3/c1-3-21-13-15(10-18(21)23)19(24)20-11-14-8-9-22(12-14)16-6-4-5-7-17(16)25-2/h4-7,14-15H,3,8-13H2,1-2H3,(H,20,24)/t14-,15+/m0/s1. The van der Waals surface area contributed by atoms with Crippen LogP contribution in [-0.4, -0.2) is 56.5 Å². The number of benzene rings is 1.